The Labute approximate surface area is 56.1 Å². The quantitative estimate of drug-likeness (QED) is 0.472. The molecule has 1 radical (unpaired) electrons. The first-order valence-corrected chi connectivity index (χ1v) is 3.99. The molecule has 0 aromatic carbocycles. The van der Waals surface area contributed by atoms with E-state index in [-0.39, 0.29) is 0 Å². The van der Waals surface area contributed by atoms with Gasteiger partial charge in [0, 0.05) is 0 Å². The molecule has 1 heteroatoms. The van der Waals surface area contributed by atoms with Gasteiger partial charge in [-0.2, -0.15) is 0 Å². The average molecular weight is 125 g/mol. The normalized spacial score (nSPS) is 49.7. The van der Waals surface area contributed by atoms with Crippen LogP contribution in [0.2, 0.25) is 0 Å². The van der Waals surface area contributed by atoms with Crippen molar-refractivity contribution in [1.29, 1.82) is 0 Å². The molecule has 2 bridgehead atoms. The zero-order valence-electron chi connectivity index (χ0n) is 5.73. The molecule has 51 valence electrons. The standard InChI is InChI=1S/C8H13O/c9-8-4-1-7(2-5-8)3-6-8/h7H,1-6H2. The highest BCUT2D eigenvalue weighted by Gasteiger charge is 2.39. The van der Waals surface area contributed by atoms with Gasteiger partial charge in [0.1, 0.15) is 5.60 Å². The number of fused-ring (bicyclic) bond motifs is 3. The fraction of sp³-hybridized carbons (Fsp3) is 1.00. The minimum absolute atomic E-state index is 0.464. The van der Waals surface area contributed by atoms with E-state index < -0.39 is 5.60 Å². The third-order valence-corrected chi connectivity index (χ3v) is 3.02. The van der Waals surface area contributed by atoms with Crippen LogP contribution in [0.25, 0.3) is 0 Å². The molecule has 0 aliphatic heterocycles. The maximum atomic E-state index is 11.5. The van der Waals surface area contributed by atoms with Crippen LogP contribution in [0.5, 0.6) is 0 Å². The fourth-order valence-electron chi connectivity index (χ4n) is 2.21. The predicted molar refractivity (Wildman–Crippen MR) is 34.6 cm³/mol. The van der Waals surface area contributed by atoms with Crippen molar-refractivity contribution >= 4 is 0 Å². The van der Waals surface area contributed by atoms with E-state index in [1.54, 1.807) is 0 Å². The van der Waals surface area contributed by atoms with Gasteiger partial charge in [0.25, 0.3) is 0 Å². The molecule has 3 rings (SSSR count). The molecule has 0 N–H and O–H groups in total. The Balaban J connectivity index is 2.11. The van der Waals surface area contributed by atoms with Crippen LogP contribution in [0, 0.1) is 5.92 Å². The second-order valence-electron chi connectivity index (χ2n) is 3.67. The zero-order valence-corrected chi connectivity index (χ0v) is 5.73. The molecule has 3 saturated carbocycles. The molecule has 1 nitrogen and oxygen atoms in total. The highest BCUT2D eigenvalue weighted by atomic mass is 16.3. The third-order valence-electron chi connectivity index (χ3n) is 3.02. The highest BCUT2D eigenvalue weighted by Crippen LogP contribution is 2.44. The predicted octanol–water partition coefficient (Wildman–Crippen LogP) is 2.14. The minimum atomic E-state index is -0.464. The molecule has 0 saturated heterocycles. The zero-order chi connectivity index (χ0) is 6.32. The Hall–Kier alpha value is -0.0400. The largest absolute Gasteiger partial charge is 0.229 e. The Morgan fingerprint density at radius 2 is 1.44 bits per heavy atom. The Kier molecular flexibility index (Phi) is 1.10. The molecule has 3 aliphatic carbocycles. The lowest BCUT2D eigenvalue weighted by Gasteiger charge is -2.40. The van der Waals surface area contributed by atoms with Crippen LogP contribution in [0.3, 0.4) is 0 Å². The smallest absolute Gasteiger partial charge is 0.104 e. The topological polar surface area (TPSA) is 19.9 Å². The molecule has 9 heavy (non-hydrogen) atoms. The van der Waals surface area contributed by atoms with Crippen molar-refractivity contribution in [1.82, 2.24) is 0 Å². The number of rotatable bonds is 0. The van der Waals surface area contributed by atoms with Crippen molar-refractivity contribution in [3.8, 4) is 0 Å². The summed E-state index contributed by atoms with van der Waals surface area (Å²) in [6, 6.07) is 0. The first-order chi connectivity index (χ1) is 4.29. The number of hydrogen-bond donors (Lipinski definition) is 0. The van der Waals surface area contributed by atoms with Crippen molar-refractivity contribution in [2.75, 3.05) is 0 Å². The van der Waals surface area contributed by atoms with E-state index in [4.69, 9.17) is 0 Å². The van der Waals surface area contributed by atoms with Crippen molar-refractivity contribution in [3.05, 3.63) is 0 Å². The van der Waals surface area contributed by atoms with Gasteiger partial charge in [-0.25, -0.2) is 5.11 Å². The van der Waals surface area contributed by atoms with Crippen molar-refractivity contribution in [2.24, 2.45) is 5.92 Å². The molecule has 0 aromatic heterocycles. The van der Waals surface area contributed by atoms with Crippen LogP contribution in [0.15, 0.2) is 0 Å². The van der Waals surface area contributed by atoms with Crippen LogP contribution < -0.4 is 0 Å². The van der Waals surface area contributed by atoms with Gasteiger partial charge in [0.2, 0.25) is 0 Å². The molecule has 3 fully saturated rings. The summed E-state index contributed by atoms with van der Waals surface area (Å²) in [6.07, 6.45) is 6.59. The van der Waals surface area contributed by atoms with Gasteiger partial charge >= 0.3 is 0 Å². The first-order valence-electron chi connectivity index (χ1n) is 3.99. The van der Waals surface area contributed by atoms with Crippen LogP contribution in [-0.4, -0.2) is 5.60 Å². The summed E-state index contributed by atoms with van der Waals surface area (Å²) in [6.45, 7) is 0. The Morgan fingerprint density at radius 1 is 1.00 bits per heavy atom. The third kappa shape index (κ3) is 0.877. The molecular weight excluding hydrogens is 112 g/mol. The lowest BCUT2D eigenvalue weighted by molar-refractivity contribution is -0.104. The highest BCUT2D eigenvalue weighted by molar-refractivity contribution is 4.91. The Bertz CT molecular complexity index is 98.0. The van der Waals surface area contributed by atoms with E-state index in [2.05, 4.69) is 0 Å². The average Bonchev–Trinajstić information content (AvgIpc) is 1.90. The molecule has 0 unspecified atom stereocenters. The van der Waals surface area contributed by atoms with Gasteiger partial charge in [-0.05, 0) is 44.4 Å². The summed E-state index contributed by atoms with van der Waals surface area (Å²) in [7, 11) is 0. The lowest BCUT2D eigenvalue weighted by Crippen LogP contribution is -2.38. The van der Waals surface area contributed by atoms with Crippen LogP contribution in [0.4, 0.5) is 0 Å². The summed E-state index contributed by atoms with van der Waals surface area (Å²) < 4.78 is 0. The van der Waals surface area contributed by atoms with Crippen LogP contribution >= 0.6 is 0 Å². The van der Waals surface area contributed by atoms with Crippen LogP contribution in [-0.2, 0) is 5.11 Å². The van der Waals surface area contributed by atoms with E-state index in [1.807, 2.05) is 0 Å². The maximum absolute atomic E-state index is 11.5. The van der Waals surface area contributed by atoms with Crippen molar-refractivity contribution in [3.63, 3.8) is 0 Å². The van der Waals surface area contributed by atoms with Crippen molar-refractivity contribution < 1.29 is 5.11 Å². The Morgan fingerprint density at radius 3 is 1.67 bits per heavy atom. The first kappa shape index (κ1) is 5.72. The molecule has 0 atom stereocenters. The SMILES string of the molecule is [O]C12CCC(CC1)CC2. The van der Waals surface area contributed by atoms with Gasteiger partial charge in [0.05, 0.1) is 0 Å². The van der Waals surface area contributed by atoms with Gasteiger partial charge in [-0.1, -0.05) is 0 Å². The van der Waals surface area contributed by atoms with E-state index >= 15 is 0 Å². The van der Waals surface area contributed by atoms with Gasteiger partial charge < -0.3 is 0 Å². The van der Waals surface area contributed by atoms with Crippen LogP contribution in [0.1, 0.15) is 38.5 Å². The molecular formula is C8H13O. The van der Waals surface area contributed by atoms with E-state index in [0.717, 1.165) is 25.2 Å². The molecule has 3 aliphatic rings. The number of hydrogen-bond acceptors (Lipinski definition) is 0. The molecule has 0 spiro atoms. The van der Waals surface area contributed by atoms with Gasteiger partial charge in [0.15, 0.2) is 0 Å². The minimum Gasteiger partial charge on any atom is -0.229 e. The van der Waals surface area contributed by atoms with Gasteiger partial charge in [-0.15, -0.1) is 0 Å². The van der Waals surface area contributed by atoms with E-state index in [0.29, 0.717) is 0 Å². The molecule has 0 amide bonds. The van der Waals surface area contributed by atoms with Crippen molar-refractivity contribution in [2.45, 2.75) is 44.1 Å². The summed E-state index contributed by atoms with van der Waals surface area (Å²) in [5.74, 6) is 0.931. The monoisotopic (exact) mass is 125 g/mol. The van der Waals surface area contributed by atoms with E-state index in [9.17, 15) is 5.11 Å². The molecule has 0 aromatic rings. The molecule has 0 heterocycles. The second-order valence-corrected chi connectivity index (χ2v) is 3.67. The fourth-order valence-corrected chi connectivity index (χ4v) is 2.21. The van der Waals surface area contributed by atoms with Gasteiger partial charge in [-0.3, -0.25) is 0 Å². The van der Waals surface area contributed by atoms with E-state index in [1.165, 1.54) is 19.3 Å². The lowest BCUT2D eigenvalue weighted by atomic mass is 9.68. The maximum Gasteiger partial charge on any atom is 0.104 e. The summed E-state index contributed by atoms with van der Waals surface area (Å²) >= 11 is 0. The summed E-state index contributed by atoms with van der Waals surface area (Å²) in [5.41, 5.74) is -0.464. The summed E-state index contributed by atoms with van der Waals surface area (Å²) in [5, 5.41) is 11.5. The second kappa shape index (κ2) is 1.72. The summed E-state index contributed by atoms with van der Waals surface area (Å²) in [4.78, 5) is 0.